The molecule has 6 rings (SSSR count). The zero-order valence-electron chi connectivity index (χ0n) is 20.0. The first-order valence-electron chi connectivity index (χ1n) is 12.8. The second-order valence-electron chi connectivity index (χ2n) is 10.1. The minimum Gasteiger partial charge on any atom is -0.381 e. The lowest BCUT2D eigenvalue weighted by molar-refractivity contribution is -0.140. The zero-order valence-corrected chi connectivity index (χ0v) is 21.6. The molecule has 2 aromatic rings. The Morgan fingerprint density at radius 3 is 2.44 bits per heavy atom. The Balaban J connectivity index is 1.12. The van der Waals surface area contributed by atoms with Gasteiger partial charge in [-0.3, -0.25) is 14.4 Å². The van der Waals surface area contributed by atoms with E-state index in [-0.39, 0.29) is 29.0 Å². The van der Waals surface area contributed by atoms with Gasteiger partial charge >= 0.3 is 0 Å². The molecule has 3 heterocycles. The summed E-state index contributed by atoms with van der Waals surface area (Å²) in [6.07, 6.45) is 5.81. The first kappa shape index (κ1) is 23.9. The highest BCUT2D eigenvalue weighted by Gasteiger charge is 2.48. The number of benzene rings is 1. The molecule has 2 aliphatic carbocycles. The predicted molar refractivity (Wildman–Crippen MR) is 140 cm³/mol. The highest BCUT2D eigenvalue weighted by atomic mass is 32.2. The van der Waals surface area contributed by atoms with Gasteiger partial charge in [-0.05, 0) is 56.6 Å². The van der Waals surface area contributed by atoms with Gasteiger partial charge in [0, 0.05) is 47.4 Å². The van der Waals surface area contributed by atoms with Crippen molar-refractivity contribution in [3.8, 4) is 11.3 Å². The number of nitrogens with zero attached hydrogens (tertiary/aromatic N) is 2. The number of rotatable bonds is 7. The van der Waals surface area contributed by atoms with E-state index in [0.717, 1.165) is 63.0 Å². The molecule has 0 spiro atoms. The lowest BCUT2D eigenvalue weighted by atomic mass is 9.98. The van der Waals surface area contributed by atoms with E-state index in [9.17, 15) is 14.4 Å². The standard InChI is InChI=1S/C26H30N4O4S2/c31-22(27-19-7-8-19)16-3-1-15(2-4-16)20-13-36-26(28-20)29-23(32)21-14-35-25(18-9-11-34-12-10-18)30(21)24(33)17-5-6-17/h1-4,13,17-19,21,25H,5-12,14H2,(H,27,31)(H,28,29,32)/t21-,25?/m0/s1. The van der Waals surface area contributed by atoms with Crippen molar-refractivity contribution in [2.24, 2.45) is 11.8 Å². The van der Waals surface area contributed by atoms with E-state index in [1.807, 2.05) is 22.4 Å². The van der Waals surface area contributed by atoms with E-state index in [1.165, 1.54) is 11.3 Å². The Morgan fingerprint density at radius 2 is 1.75 bits per heavy atom. The average Bonchev–Trinajstić information content (AvgIpc) is 3.83. The third-order valence-corrected chi connectivity index (χ3v) is 9.50. The van der Waals surface area contributed by atoms with Crippen molar-refractivity contribution in [1.82, 2.24) is 15.2 Å². The molecule has 1 unspecified atom stereocenters. The number of hydrogen-bond acceptors (Lipinski definition) is 7. The van der Waals surface area contributed by atoms with Crippen LogP contribution in [0.25, 0.3) is 11.3 Å². The largest absolute Gasteiger partial charge is 0.381 e. The molecule has 2 aliphatic heterocycles. The topological polar surface area (TPSA) is 101 Å². The van der Waals surface area contributed by atoms with Gasteiger partial charge in [-0.1, -0.05) is 12.1 Å². The van der Waals surface area contributed by atoms with Crippen molar-refractivity contribution >= 4 is 46.0 Å². The molecule has 2 N–H and O–H groups in total. The van der Waals surface area contributed by atoms with Crippen LogP contribution in [0.5, 0.6) is 0 Å². The fourth-order valence-electron chi connectivity index (χ4n) is 4.86. The van der Waals surface area contributed by atoms with Crippen LogP contribution in [-0.4, -0.2) is 64.0 Å². The molecular weight excluding hydrogens is 496 g/mol. The van der Waals surface area contributed by atoms with Crippen LogP contribution in [0.2, 0.25) is 0 Å². The molecule has 0 radical (unpaired) electrons. The van der Waals surface area contributed by atoms with Crippen LogP contribution in [0.15, 0.2) is 29.6 Å². The molecule has 4 fully saturated rings. The lowest BCUT2D eigenvalue weighted by Crippen LogP contribution is -2.50. The number of thioether (sulfide) groups is 1. The number of thiazole rings is 1. The quantitative estimate of drug-likeness (QED) is 0.570. The Morgan fingerprint density at radius 1 is 1.00 bits per heavy atom. The molecule has 4 aliphatic rings. The number of carbonyl (C=O) groups is 3. The number of amides is 3. The number of hydrogen-bond donors (Lipinski definition) is 2. The fraction of sp³-hybridized carbons (Fsp3) is 0.538. The third-order valence-electron chi connectivity index (χ3n) is 7.28. The number of anilines is 1. The molecule has 8 nitrogen and oxygen atoms in total. The minimum absolute atomic E-state index is 0.0419. The second-order valence-corrected chi connectivity index (χ2v) is 12.1. The molecule has 2 atom stereocenters. The Kier molecular flexibility index (Phi) is 6.74. The molecule has 0 bridgehead atoms. The maximum Gasteiger partial charge on any atom is 0.251 e. The maximum absolute atomic E-state index is 13.3. The summed E-state index contributed by atoms with van der Waals surface area (Å²) in [6.45, 7) is 1.44. The van der Waals surface area contributed by atoms with E-state index < -0.39 is 6.04 Å². The van der Waals surface area contributed by atoms with E-state index in [1.54, 1.807) is 23.9 Å². The van der Waals surface area contributed by atoms with E-state index in [4.69, 9.17) is 4.74 Å². The zero-order chi connectivity index (χ0) is 24.6. The molecule has 190 valence electrons. The van der Waals surface area contributed by atoms with Gasteiger partial charge in [-0.25, -0.2) is 4.98 Å². The number of aromatic nitrogens is 1. The van der Waals surface area contributed by atoms with Crippen molar-refractivity contribution in [3.05, 3.63) is 35.2 Å². The molecular formula is C26H30N4O4S2. The highest BCUT2D eigenvalue weighted by molar-refractivity contribution is 8.00. The van der Waals surface area contributed by atoms with Gasteiger partial charge in [0.2, 0.25) is 11.8 Å². The SMILES string of the molecule is O=C(NC1CC1)c1ccc(-c2csc(NC(=O)[C@@H]3CSC(C4CCOCC4)N3C(=O)C3CC3)n2)cc1. The van der Waals surface area contributed by atoms with Crippen LogP contribution < -0.4 is 10.6 Å². The van der Waals surface area contributed by atoms with Gasteiger partial charge in [-0.15, -0.1) is 23.1 Å². The smallest absolute Gasteiger partial charge is 0.251 e. The van der Waals surface area contributed by atoms with Crippen molar-refractivity contribution in [2.45, 2.75) is 56.0 Å². The van der Waals surface area contributed by atoms with E-state index in [0.29, 0.717) is 28.4 Å². The fourth-order valence-corrected chi connectivity index (χ4v) is 7.22. The monoisotopic (exact) mass is 526 g/mol. The Labute approximate surface area is 218 Å². The van der Waals surface area contributed by atoms with Crippen LogP contribution in [-0.2, 0) is 14.3 Å². The van der Waals surface area contributed by atoms with Crippen LogP contribution in [0.4, 0.5) is 5.13 Å². The van der Waals surface area contributed by atoms with Gasteiger partial charge in [-0.2, -0.15) is 0 Å². The van der Waals surface area contributed by atoms with Gasteiger partial charge in [0.25, 0.3) is 5.91 Å². The van der Waals surface area contributed by atoms with Crippen LogP contribution >= 0.6 is 23.1 Å². The van der Waals surface area contributed by atoms with Crippen LogP contribution in [0.1, 0.15) is 48.9 Å². The van der Waals surface area contributed by atoms with Crippen molar-refractivity contribution in [3.63, 3.8) is 0 Å². The van der Waals surface area contributed by atoms with Crippen molar-refractivity contribution in [1.29, 1.82) is 0 Å². The molecule has 2 saturated carbocycles. The molecule has 1 aromatic carbocycles. The summed E-state index contributed by atoms with van der Waals surface area (Å²) in [4.78, 5) is 45.3. The predicted octanol–water partition coefficient (Wildman–Crippen LogP) is 3.75. The molecule has 1 aromatic heterocycles. The number of nitrogens with one attached hydrogen (secondary N) is 2. The molecule has 3 amide bonds. The lowest BCUT2D eigenvalue weighted by Gasteiger charge is -2.35. The summed E-state index contributed by atoms with van der Waals surface area (Å²) in [7, 11) is 0. The average molecular weight is 527 g/mol. The highest BCUT2D eigenvalue weighted by Crippen LogP contribution is 2.42. The normalized spacial score (nSPS) is 24.5. The van der Waals surface area contributed by atoms with Gasteiger partial charge in [0.1, 0.15) is 6.04 Å². The number of carbonyl (C=O) groups excluding carboxylic acids is 3. The number of ether oxygens (including phenoxy) is 1. The summed E-state index contributed by atoms with van der Waals surface area (Å²) in [6, 6.07) is 7.21. The van der Waals surface area contributed by atoms with Crippen molar-refractivity contribution in [2.75, 3.05) is 24.3 Å². The van der Waals surface area contributed by atoms with Gasteiger partial charge in [0.05, 0.1) is 11.1 Å². The third kappa shape index (κ3) is 5.17. The Bertz CT molecular complexity index is 1140. The minimum atomic E-state index is -0.479. The summed E-state index contributed by atoms with van der Waals surface area (Å²) < 4.78 is 5.52. The van der Waals surface area contributed by atoms with Crippen LogP contribution in [0, 0.1) is 11.8 Å². The second kappa shape index (κ2) is 10.1. The van der Waals surface area contributed by atoms with Gasteiger partial charge < -0.3 is 20.3 Å². The van der Waals surface area contributed by atoms with Gasteiger partial charge in [0.15, 0.2) is 5.13 Å². The van der Waals surface area contributed by atoms with E-state index >= 15 is 0 Å². The molecule has 36 heavy (non-hydrogen) atoms. The summed E-state index contributed by atoms with van der Waals surface area (Å²) >= 11 is 3.10. The first-order valence-corrected chi connectivity index (χ1v) is 14.7. The van der Waals surface area contributed by atoms with Crippen molar-refractivity contribution < 1.29 is 19.1 Å². The first-order chi connectivity index (χ1) is 17.6. The Hall–Kier alpha value is -2.43. The van der Waals surface area contributed by atoms with E-state index in [2.05, 4.69) is 15.6 Å². The summed E-state index contributed by atoms with van der Waals surface area (Å²) in [5.74, 6) is 0.956. The van der Waals surface area contributed by atoms with Crippen LogP contribution in [0.3, 0.4) is 0 Å². The summed E-state index contributed by atoms with van der Waals surface area (Å²) in [5.41, 5.74) is 2.26. The molecule has 10 heteroatoms. The summed E-state index contributed by atoms with van der Waals surface area (Å²) in [5, 5.41) is 8.42. The molecule has 2 saturated heterocycles. The maximum atomic E-state index is 13.3.